The maximum absolute atomic E-state index is 14.2. The molecule has 4 rings (SSSR count). The Bertz CT molecular complexity index is 1360. The molecule has 0 atom stereocenters. The van der Waals surface area contributed by atoms with Gasteiger partial charge < -0.3 is 20.1 Å². The second-order valence-electron chi connectivity index (χ2n) is 7.46. The number of rotatable bonds is 8. The summed E-state index contributed by atoms with van der Waals surface area (Å²) in [7, 11) is 3.16. The number of carbonyl (C=O) groups excluding carboxylic acids is 1. The number of hydrogen-bond acceptors (Lipinski definition) is 6. The fourth-order valence-corrected chi connectivity index (χ4v) is 3.50. The molecule has 0 radical (unpaired) electrons. The van der Waals surface area contributed by atoms with Gasteiger partial charge in [-0.25, -0.2) is 13.9 Å². The van der Waals surface area contributed by atoms with Crippen LogP contribution in [-0.2, 0) is 4.74 Å². The van der Waals surface area contributed by atoms with E-state index in [4.69, 9.17) is 9.47 Å². The molecule has 4 aromatic rings. The van der Waals surface area contributed by atoms with E-state index in [-0.39, 0.29) is 17.5 Å². The third-order valence-corrected chi connectivity index (χ3v) is 5.19. The van der Waals surface area contributed by atoms with E-state index in [9.17, 15) is 13.6 Å². The quantitative estimate of drug-likeness (QED) is 0.378. The zero-order valence-corrected chi connectivity index (χ0v) is 18.9. The van der Waals surface area contributed by atoms with Crippen LogP contribution in [-0.4, -0.2) is 47.8 Å². The molecule has 2 aromatic heterocycles. The number of nitrogens with zero attached hydrogens (tertiary/aromatic N) is 3. The summed E-state index contributed by atoms with van der Waals surface area (Å²) in [6.07, 6.45) is 1.64. The van der Waals surface area contributed by atoms with Crippen LogP contribution in [0.2, 0.25) is 0 Å². The van der Waals surface area contributed by atoms with Crippen LogP contribution in [0.5, 0.6) is 11.6 Å². The molecule has 0 aliphatic heterocycles. The standard InChI is InChI=1S/C24H23F2N5O3/c1-14-11-15(7-8-16(14)24(32)27-2)19-13-29-23-18(28-9-10-33-3)12-21(30-31(19)23)34-20-6-4-5-17(25)22(20)26/h4-8,11-13,28H,9-10H2,1-3H3,(H,27,32). The molecule has 0 saturated heterocycles. The van der Waals surface area contributed by atoms with Gasteiger partial charge in [0.25, 0.3) is 5.91 Å². The minimum absolute atomic E-state index is 0.0369. The Morgan fingerprint density at radius 3 is 2.74 bits per heavy atom. The average molecular weight is 467 g/mol. The van der Waals surface area contributed by atoms with Crippen molar-refractivity contribution >= 4 is 17.2 Å². The molecule has 2 N–H and O–H groups in total. The van der Waals surface area contributed by atoms with Crippen LogP contribution < -0.4 is 15.4 Å². The second-order valence-corrected chi connectivity index (χ2v) is 7.46. The molecule has 1 amide bonds. The number of halogens is 2. The van der Waals surface area contributed by atoms with Crippen LogP contribution >= 0.6 is 0 Å². The lowest BCUT2D eigenvalue weighted by atomic mass is 10.0. The first-order valence-corrected chi connectivity index (χ1v) is 10.5. The minimum atomic E-state index is -1.11. The Balaban J connectivity index is 1.80. The molecule has 0 fully saturated rings. The van der Waals surface area contributed by atoms with E-state index in [1.54, 1.807) is 43.1 Å². The van der Waals surface area contributed by atoms with Crippen molar-refractivity contribution in [1.82, 2.24) is 19.9 Å². The minimum Gasteiger partial charge on any atom is -0.434 e. The molecule has 2 aromatic carbocycles. The number of benzene rings is 2. The van der Waals surface area contributed by atoms with E-state index in [0.717, 1.165) is 17.2 Å². The van der Waals surface area contributed by atoms with Gasteiger partial charge in [0.2, 0.25) is 11.7 Å². The number of carbonyl (C=O) groups is 1. The van der Waals surface area contributed by atoms with Gasteiger partial charge in [-0.05, 0) is 36.8 Å². The number of anilines is 1. The fourth-order valence-electron chi connectivity index (χ4n) is 3.50. The Morgan fingerprint density at radius 1 is 1.18 bits per heavy atom. The lowest BCUT2D eigenvalue weighted by Gasteiger charge is -2.12. The third kappa shape index (κ3) is 4.53. The molecule has 176 valence electrons. The summed E-state index contributed by atoms with van der Waals surface area (Å²) in [5.41, 5.74) is 3.80. The molecule has 0 bridgehead atoms. The summed E-state index contributed by atoms with van der Waals surface area (Å²) in [5, 5.41) is 10.3. The monoisotopic (exact) mass is 467 g/mol. The van der Waals surface area contributed by atoms with Gasteiger partial charge in [-0.1, -0.05) is 12.1 Å². The number of nitrogens with one attached hydrogen (secondary N) is 2. The Morgan fingerprint density at radius 2 is 2.00 bits per heavy atom. The molecule has 0 aliphatic carbocycles. The highest BCUT2D eigenvalue weighted by Gasteiger charge is 2.17. The number of ether oxygens (including phenoxy) is 2. The number of amides is 1. The normalized spacial score (nSPS) is 11.0. The SMILES string of the molecule is CNC(=O)c1ccc(-c2cnc3c(NCCOC)cc(Oc4cccc(F)c4F)nn23)cc1C. The van der Waals surface area contributed by atoms with Crippen molar-refractivity contribution in [2.45, 2.75) is 6.92 Å². The number of hydrogen-bond donors (Lipinski definition) is 2. The van der Waals surface area contributed by atoms with Crippen LogP contribution in [0.1, 0.15) is 15.9 Å². The second kappa shape index (κ2) is 9.84. The molecule has 34 heavy (non-hydrogen) atoms. The summed E-state index contributed by atoms with van der Waals surface area (Å²) in [6.45, 7) is 2.76. The Labute approximate surface area is 194 Å². The van der Waals surface area contributed by atoms with Crippen molar-refractivity contribution in [2.24, 2.45) is 0 Å². The molecule has 8 nitrogen and oxygen atoms in total. The smallest absolute Gasteiger partial charge is 0.251 e. The van der Waals surface area contributed by atoms with Gasteiger partial charge in [-0.3, -0.25) is 4.79 Å². The van der Waals surface area contributed by atoms with Crippen molar-refractivity contribution < 1.29 is 23.0 Å². The van der Waals surface area contributed by atoms with Gasteiger partial charge in [0.1, 0.15) is 0 Å². The maximum atomic E-state index is 14.2. The van der Waals surface area contributed by atoms with Crippen molar-refractivity contribution in [1.29, 1.82) is 0 Å². The van der Waals surface area contributed by atoms with Crippen LogP contribution in [0.25, 0.3) is 16.9 Å². The van der Waals surface area contributed by atoms with Crippen LogP contribution in [0.4, 0.5) is 14.5 Å². The van der Waals surface area contributed by atoms with Crippen molar-refractivity contribution in [2.75, 3.05) is 32.6 Å². The summed E-state index contributed by atoms with van der Waals surface area (Å²) in [6, 6.07) is 10.6. The zero-order chi connectivity index (χ0) is 24.2. The Hall–Kier alpha value is -4.05. The van der Waals surface area contributed by atoms with Crippen LogP contribution in [0, 0.1) is 18.6 Å². The first-order valence-electron chi connectivity index (χ1n) is 10.5. The van der Waals surface area contributed by atoms with Crippen molar-refractivity contribution in [3.63, 3.8) is 0 Å². The molecule has 0 unspecified atom stereocenters. The number of methoxy groups -OCH3 is 1. The number of aryl methyl sites for hydroxylation is 1. The highest BCUT2D eigenvalue weighted by molar-refractivity contribution is 5.96. The lowest BCUT2D eigenvalue weighted by Crippen LogP contribution is -2.18. The summed E-state index contributed by atoms with van der Waals surface area (Å²) < 4.78 is 40.1. The van der Waals surface area contributed by atoms with Crippen molar-refractivity contribution in [3.05, 3.63) is 71.4 Å². The summed E-state index contributed by atoms with van der Waals surface area (Å²) in [5.74, 6) is -2.56. The third-order valence-electron chi connectivity index (χ3n) is 5.19. The zero-order valence-electron chi connectivity index (χ0n) is 18.9. The molecular weight excluding hydrogens is 444 g/mol. The molecular formula is C24H23F2N5O3. The highest BCUT2D eigenvalue weighted by atomic mass is 19.2. The van der Waals surface area contributed by atoms with Gasteiger partial charge in [-0.2, -0.15) is 4.39 Å². The van der Waals surface area contributed by atoms with E-state index in [0.29, 0.717) is 35.7 Å². The van der Waals surface area contributed by atoms with Crippen LogP contribution in [0.3, 0.4) is 0 Å². The van der Waals surface area contributed by atoms with Crippen LogP contribution in [0.15, 0.2) is 48.7 Å². The average Bonchev–Trinajstić information content (AvgIpc) is 3.26. The van der Waals surface area contributed by atoms with Gasteiger partial charge >= 0.3 is 0 Å². The molecule has 10 heteroatoms. The van der Waals surface area contributed by atoms with Crippen molar-refractivity contribution in [3.8, 4) is 22.9 Å². The molecule has 2 heterocycles. The van der Waals surface area contributed by atoms with E-state index in [2.05, 4.69) is 20.7 Å². The topological polar surface area (TPSA) is 89.8 Å². The number of aromatic nitrogens is 3. The maximum Gasteiger partial charge on any atom is 0.251 e. The van der Waals surface area contributed by atoms with Gasteiger partial charge in [0.15, 0.2) is 17.2 Å². The highest BCUT2D eigenvalue weighted by Crippen LogP contribution is 2.31. The predicted molar refractivity (Wildman–Crippen MR) is 123 cm³/mol. The summed E-state index contributed by atoms with van der Waals surface area (Å²) in [4.78, 5) is 16.5. The molecule has 0 spiro atoms. The fraction of sp³-hybridized carbons (Fsp3) is 0.208. The lowest BCUT2D eigenvalue weighted by molar-refractivity contribution is 0.0962. The van der Waals surface area contributed by atoms with E-state index >= 15 is 0 Å². The van der Waals surface area contributed by atoms with E-state index in [1.807, 2.05) is 13.0 Å². The predicted octanol–water partition coefficient (Wildman–Crippen LogP) is 4.19. The largest absolute Gasteiger partial charge is 0.434 e. The molecule has 0 saturated carbocycles. The van der Waals surface area contributed by atoms with Gasteiger partial charge in [-0.15, -0.1) is 5.10 Å². The van der Waals surface area contributed by atoms with E-state index < -0.39 is 11.6 Å². The van der Waals surface area contributed by atoms with Gasteiger partial charge in [0, 0.05) is 37.9 Å². The molecule has 0 aliphatic rings. The first-order chi connectivity index (χ1) is 16.4. The Kier molecular flexibility index (Phi) is 6.69. The number of fused-ring (bicyclic) bond motifs is 1. The summed E-state index contributed by atoms with van der Waals surface area (Å²) >= 11 is 0. The van der Waals surface area contributed by atoms with E-state index in [1.165, 1.54) is 12.1 Å². The van der Waals surface area contributed by atoms with Gasteiger partial charge in [0.05, 0.1) is 24.2 Å². The first kappa shape index (κ1) is 23.1. The number of imidazole rings is 1.